The van der Waals surface area contributed by atoms with Crippen LogP contribution in [0.15, 0.2) is 71.4 Å². The Morgan fingerprint density at radius 2 is 1.63 bits per heavy atom. The molecule has 3 rings (SSSR count). The number of amides is 1. The Bertz CT molecular complexity index is 943. The molecule has 0 saturated carbocycles. The van der Waals surface area contributed by atoms with Gasteiger partial charge in [-0.15, -0.1) is 0 Å². The second-order valence-electron chi connectivity index (χ2n) is 7.12. The van der Waals surface area contributed by atoms with Gasteiger partial charge in [0.05, 0.1) is 5.94 Å². The summed E-state index contributed by atoms with van der Waals surface area (Å²) in [7, 11) is -1.64. The fourth-order valence-corrected chi connectivity index (χ4v) is 3.89. The Balaban J connectivity index is 1.48. The van der Waals surface area contributed by atoms with E-state index in [0.29, 0.717) is 18.4 Å². The zero-order valence-electron chi connectivity index (χ0n) is 16.5. The second-order valence-corrected chi connectivity index (χ2v) is 7.90. The van der Waals surface area contributed by atoms with E-state index >= 15 is 0 Å². The van der Waals surface area contributed by atoms with Crippen molar-refractivity contribution in [3.05, 3.63) is 82.6 Å². The molecule has 0 aliphatic heterocycles. The lowest BCUT2D eigenvalue weighted by Gasteiger charge is -2.17. The van der Waals surface area contributed by atoms with E-state index in [1.54, 1.807) is 23.5 Å². The number of hydrogen-bond donors (Lipinski definition) is 3. The normalized spacial score (nSPS) is 11.7. The first kappa shape index (κ1) is 22.0. The van der Waals surface area contributed by atoms with E-state index in [2.05, 4.69) is 5.32 Å². The maximum absolute atomic E-state index is 12.4. The van der Waals surface area contributed by atoms with Crippen LogP contribution < -0.4 is 5.32 Å². The van der Waals surface area contributed by atoms with Gasteiger partial charge in [-0.1, -0.05) is 54.6 Å². The summed E-state index contributed by atoms with van der Waals surface area (Å²) in [6.07, 6.45) is 1.12. The molecule has 0 unspecified atom stereocenters. The van der Waals surface area contributed by atoms with Crippen molar-refractivity contribution in [3.8, 4) is 11.1 Å². The van der Waals surface area contributed by atoms with Gasteiger partial charge in [0, 0.05) is 18.4 Å². The molecule has 154 valence electrons. The zero-order valence-corrected chi connectivity index (χ0v) is 17.3. The maximum atomic E-state index is 12.4. The average Bonchev–Trinajstić information content (AvgIpc) is 3.29. The molecule has 1 heterocycles. The molecule has 1 amide bonds. The molecule has 5 nitrogen and oxygen atoms in total. The van der Waals surface area contributed by atoms with Crippen molar-refractivity contribution in [2.24, 2.45) is 0 Å². The highest BCUT2D eigenvalue weighted by atomic mass is 32.1. The number of Topliss-reactive ketones (excluding diaryl/α,β-unsaturated/α-hetero) is 1. The van der Waals surface area contributed by atoms with Gasteiger partial charge in [0.1, 0.15) is 0 Å². The van der Waals surface area contributed by atoms with Gasteiger partial charge in [0.25, 0.3) is 0 Å². The molecule has 1 aromatic heterocycles. The quantitative estimate of drug-likeness (QED) is 0.346. The Morgan fingerprint density at radius 1 is 0.933 bits per heavy atom. The lowest BCUT2D eigenvalue weighted by Crippen LogP contribution is -2.46. The predicted octanol–water partition coefficient (Wildman–Crippen LogP) is 3.51. The van der Waals surface area contributed by atoms with Gasteiger partial charge in [0.15, 0.2) is 5.78 Å². The number of hydrogen-bond acceptors (Lipinski definition) is 5. The van der Waals surface area contributed by atoms with Crippen molar-refractivity contribution >= 4 is 30.1 Å². The molecule has 7 heteroatoms. The smallest absolute Gasteiger partial charge is 0.426 e. The summed E-state index contributed by atoms with van der Waals surface area (Å²) in [5.74, 6) is -1.26. The van der Waals surface area contributed by atoms with E-state index in [1.807, 2.05) is 59.3 Å². The average molecular weight is 421 g/mol. The fourth-order valence-electron chi connectivity index (χ4n) is 3.18. The highest BCUT2D eigenvalue weighted by molar-refractivity contribution is 7.07. The van der Waals surface area contributed by atoms with Crippen LogP contribution in [0.1, 0.15) is 35.2 Å². The molecule has 0 radical (unpaired) electrons. The van der Waals surface area contributed by atoms with E-state index in [-0.39, 0.29) is 24.5 Å². The van der Waals surface area contributed by atoms with Crippen molar-refractivity contribution in [1.82, 2.24) is 5.32 Å². The van der Waals surface area contributed by atoms with Gasteiger partial charge in [-0.05, 0) is 46.4 Å². The Morgan fingerprint density at radius 3 is 2.27 bits per heavy atom. The molecule has 0 bridgehead atoms. The van der Waals surface area contributed by atoms with Crippen molar-refractivity contribution in [3.63, 3.8) is 0 Å². The molecule has 0 aliphatic rings. The minimum Gasteiger partial charge on any atom is -0.426 e. The summed E-state index contributed by atoms with van der Waals surface area (Å²) in [5, 5.41) is 25.7. The maximum Gasteiger partial charge on any atom is 0.475 e. The summed E-state index contributed by atoms with van der Waals surface area (Å²) in [6, 6.07) is 19.2. The first-order valence-corrected chi connectivity index (χ1v) is 10.8. The van der Waals surface area contributed by atoms with Crippen LogP contribution in [0.25, 0.3) is 11.1 Å². The van der Waals surface area contributed by atoms with Crippen LogP contribution in [0.4, 0.5) is 0 Å². The lowest BCUT2D eigenvalue weighted by atomic mass is 9.76. The van der Waals surface area contributed by atoms with Gasteiger partial charge < -0.3 is 15.4 Å². The van der Waals surface area contributed by atoms with Gasteiger partial charge in [-0.2, -0.15) is 11.3 Å². The molecule has 0 aliphatic carbocycles. The molecule has 0 spiro atoms. The van der Waals surface area contributed by atoms with Crippen LogP contribution in [0.5, 0.6) is 0 Å². The van der Waals surface area contributed by atoms with Gasteiger partial charge in [-0.25, -0.2) is 0 Å². The SMILES string of the molecule is O=C(CCC(=O)c1ccc(-c2ccccc2)cc1)N[C@@H](CCc1ccsc1)B(O)O. The monoisotopic (exact) mass is 421 g/mol. The molecule has 0 fully saturated rings. The number of carbonyl (C=O) groups excluding carboxylic acids is 2. The van der Waals surface area contributed by atoms with E-state index in [4.69, 9.17) is 0 Å². The molecule has 30 heavy (non-hydrogen) atoms. The summed E-state index contributed by atoms with van der Waals surface area (Å²) in [4.78, 5) is 24.6. The number of nitrogens with one attached hydrogen (secondary N) is 1. The number of benzene rings is 2. The molecular formula is C23H24BNO4S. The number of aryl methyl sites for hydroxylation is 1. The van der Waals surface area contributed by atoms with Crippen LogP contribution in [0, 0.1) is 0 Å². The molecule has 3 N–H and O–H groups in total. The van der Waals surface area contributed by atoms with Crippen molar-refractivity contribution in [2.75, 3.05) is 0 Å². The second kappa shape index (κ2) is 10.9. The molecule has 3 aromatic rings. The van der Waals surface area contributed by atoms with Crippen LogP contribution in [0.2, 0.25) is 0 Å². The van der Waals surface area contributed by atoms with E-state index in [0.717, 1.165) is 16.7 Å². The first-order chi connectivity index (χ1) is 14.5. The third-order valence-corrected chi connectivity index (χ3v) is 5.66. The fraction of sp³-hybridized carbons (Fsp3) is 0.217. The third kappa shape index (κ3) is 6.39. The summed E-state index contributed by atoms with van der Waals surface area (Å²) < 4.78 is 0. The van der Waals surface area contributed by atoms with Gasteiger partial charge in [0.2, 0.25) is 5.91 Å². The van der Waals surface area contributed by atoms with Crippen molar-refractivity contribution in [1.29, 1.82) is 0 Å². The summed E-state index contributed by atoms with van der Waals surface area (Å²) >= 11 is 1.57. The van der Waals surface area contributed by atoms with Crippen molar-refractivity contribution < 1.29 is 19.6 Å². The van der Waals surface area contributed by atoms with E-state index < -0.39 is 13.1 Å². The zero-order chi connectivity index (χ0) is 21.3. The van der Waals surface area contributed by atoms with Crippen LogP contribution >= 0.6 is 11.3 Å². The highest BCUT2D eigenvalue weighted by Gasteiger charge is 2.25. The molecule has 1 atom stereocenters. The van der Waals surface area contributed by atoms with Crippen molar-refractivity contribution in [2.45, 2.75) is 31.6 Å². The molecule has 2 aromatic carbocycles. The lowest BCUT2D eigenvalue weighted by molar-refractivity contribution is -0.121. The topological polar surface area (TPSA) is 86.6 Å². The predicted molar refractivity (Wildman–Crippen MR) is 120 cm³/mol. The number of thiophene rings is 1. The summed E-state index contributed by atoms with van der Waals surface area (Å²) in [5.41, 5.74) is 3.75. The third-order valence-electron chi connectivity index (χ3n) is 4.92. The standard InChI is InChI=1S/C23H24BNO4S/c26-21(20-9-7-19(8-10-20)18-4-2-1-3-5-18)11-13-23(27)25-22(24(28)29)12-6-17-14-15-30-16-17/h1-5,7-10,14-16,22,28-29H,6,11-13H2,(H,25,27)/t22-/m0/s1. The number of rotatable bonds is 10. The minimum atomic E-state index is -1.64. The van der Waals surface area contributed by atoms with Crippen LogP contribution in [-0.2, 0) is 11.2 Å². The Labute approximate surface area is 180 Å². The largest absolute Gasteiger partial charge is 0.475 e. The highest BCUT2D eigenvalue weighted by Crippen LogP contribution is 2.20. The summed E-state index contributed by atoms with van der Waals surface area (Å²) in [6.45, 7) is 0. The first-order valence-electron chi connectivity index (χ1n) is 9.88. The van der Waals surface area contributed by atoms with E-state index in [9.17, 15) is 19.6 Å². The number of ketones is 1. The number of carbonyl (C=O) groups is 2. The molecule has 0 saturated heterocycles. The van der Waals surface area contributed by atoms with Gasteiger partial charge >= 0.3 is 7.12 Å². The van der Waals surface area contributed by atoms with Crippen LogP contribution in [-0.4, -0.2) is 34.8 Å². The minimum absolute atomic E-state index is 0.000934. The Kier molecular flexibility index (Phi) is 7.96. The van der Waals surface area contributed by atoms with Gasteiger partial charge in [-0.3, -0.25) is 9.59 Å². The van der Waals surface area contributed by atoms with E-state index in [1.165, 1.54) is 0 Å². The Hall–Kier alpha value is -2.74. The molecular weight excluding hydrogens is 397 g/mol. The van der Waals surface area contributed by atoms with Crippen LogP contribution in [0.3, 0.4) is 0 Å².